The molecule has 0 heterocycles. The summed E-state index contributed by atoms with van der Waals surface area (Å²) in [7, 11) is 0. The lowest BCUT2D eigenvalue weighted by Crippen LogP contribution is -1.98. The second-order valence-corrected chi connectivity index (χ2v) is 7.12. The molecule has 0 aromatic heterocycles. The molecule has 1 unspecified atom stereocenters. The van der Waals surface area contributed by atoms with Crippen LogP contribution in [0.2, 0.25) is 0 Å². The Kier molecular flexibility index (Phi) is 4.85. The second kappa shape index (κ2) is 6.06. The fourth-order valence-corrected chi connectivity index (χ4v) is 3.56. The zero-order valence-corrected chi connectivity index (χ0v) is 15.2. The number of hydrogen-bond donors (Lipinski definition) is 0. The predicted molar refractivity (Wildman–Crippen MR) is 88.5 cm³/mol. The first-order valence-electron chi connectivity index (χ1n) is 5.76. The maximum Gasteiger partial charge on any atom is 0.137 e. The van der Waals surface area contributed by atoms with Crippen molar-refractivity contribution in [1.29, 1.82) is 0 Å². The molecule has 0 aliphatic rings. The van der Waals surface area contributed by atoms with Crippen molar-refractivity contribution in [1.82, 2.24) is 0 Å². The maximum absolute atomic E-state index is 13.3. The molecular formula is C15H12Br3F. The molecule has 0 fully saturated rings. The van der Waals surface area contributed by atoms with Gasteiger partial charge >= 0.3 is 0 Å². The third kappa shape index (κ3) is 3.29. The van der Waals surface area contributed by atoms with Gasteiger partial charge < -0.3 is 0 Å². The van der Waals surface area contributed by atoms with Crippen LogP contribution in [0.25, 0.3) is 0 Å². The van der Waals surface area contributed by atoms with Gasteiger partial charge in [0.05, 0.1) is 9.30 Å². The molecule has 2 aromatic rings. The quantitative estimate of drug-likeness (QED) is 0.461. The van der Waals surface area contributed by atoms with E-state index >= 15 is 0 Å². The highest BCUT2D eigenvalue weighted by Crippen LogP contribution is 2.36. The molecule has 0 radical (unpaired) electrons. The van der Waals surface area contributed by atoms with E-state index in [9.17, 15) is 4.39 Å². The SMILES string of the molecule is Cc1cc(C(Br)c2ccc(F)c(Br)c2)c(C)cc1Br. The summed E-state index contributed by atoms with van der Waals surface area (Å²) in [6, 6.07) is 9.35. The van der Waals surface area contributed by atoms with E-state index in [0.29, 0.717) is 4.47 Å². The van der Waals surface area contributed by atoms with E-state index in [-0.39, 0.29) is 10.6 Å². The average Bonchev–Trinajstić information content (AvgIpc) is 2.36. The van der Waals surface area contributed by atoms with Crippen molar-refractivity contribution in [2.75, 3.05) is 0 Å². The summed E-state index contributed by atoms with van der Waals surface area (Å²) < 4.78 is 14.9. The molecule has 0 saturated heterocycles. The number of aryl methyl sites for hydroxylation is 2. The molecule has 100 valence electrons. The summed E-state index contributed by atoms with van der Waals surface area (Å²) in [5.41, 5.74) is 4.60. The molecule has 2 aromatic carbocycles. The first-order valence-corrected chi connectivity index (χ1v) is 8.26. The average molecular weight is 451 g/mol. The second-order valence-electron chi connectivity index (χ2n) is 4.49. The molecule has 0 spiro atoms. The third-order valence-electron chi connectivity index (χ3n) is 3.06. The van der Waals surface area contributed by atoms with Crippen molar-refractivity contribution >= 4 is 47.8 Å². The van der Waals surface area contributed by atoms with Crippen LogP contribution < -0.4 is 0 Å². The molecule has 0 amide bonds. The van der Waals surface area contributed by atoms with Crippen LogP contribution in [0.15, 0.2) is 39.3 Å². The van der Waals surface area contributed by atoms with Gasteiger partial charge in [-0.2, -0.15) is 0 Å². The van der Waals surface area contributed by atoms with Crippen LogP contribution in [-0.4, -0.2) is 0 Å². The van der Waals surface area contributed by atoms with E-state index in [4.69, 9.17) is 0 Å². The number of halogens is 4. The lowest BCUT2D eigenvalue weighted by molar-refractivity contribution is 0.620. The monoisotopic (exact) mass is 448 g/mol. The topological polar surface area (TPSA) is 0 Å². The van der Waals surface area contributed by atoms with Crippen LogP contribution in [0.1, 0.15) is 27.1 Å². The van der Waals surface area contributed by atoms with Gasteiger partial charge in [-0.15, -0.1) is 0 Å². The van der Waals surface area contributed by atoms with Crippen molar-refractivity contribution in [3.05, 3.63) is 67.3 Å². The molecule has 2 rings (SSSR count). The number of hydrogen-bond acceptors (Lipinski definition) is 0. The minimum atomic E-state index is -0.243. The maximum atomic E-state index is 13.3. The van der Waals surface area contributed by atoms with E-state index in [1.54, 1.807) is 6.07 Å². The summed E-state index contributed by atoms with van der Waals surface area (Å²) in [5, 5.41) is 0. The first-order chi connectivity index (χ1) is 8.90. The Morgan fingerprint density at radius 1 is 0.947 bits per heavy atom. The van der Waals surface area contributed by atoms with E-state index < -0.39 is 0 Å². The molecule has 0 nitrogen and oxygen atoms in total. The van der Waals surface area contributed by atoms with Gasteiger partial charge in [-0.25, -0.2) is 4.39 Å². The first kappa shape index (κ1) is 15.2. The smallest absolute Gasteiger partial charge is 0.137 e. The van der Waals surface area contributed by atoms with E-state index in [1.807, 2.05) is 6.07 Å². The largest absolute Gasteiger partial charge is 0.206 e. The number of rotatable bonds is 2. The van der Waals surface area contributed by atoms with Crippen LogP contribution in [0.5, 0.6) is 0 Å². The Morgan fingerprint density at radius 3 is 2.26 bits per heavy atom. The van der Waals surface area contributed by atoms with Crippen molar-refractivity contribution in [2.24, 2.45) is 0 Å². The van der Waals surface area contributed by atoms with E-state index in [0.717, 1.165) is 10.0 Å². The van der Waals surface area contributed by atoms with Crippen molar-refractivity contribution in [3.8, 4) is 0 Å². The Bertz CT molecular complexity index is 623. The standard InChI is InChI=1S/C15H12Br3F/c1-8-6-12(16)9(2)5-11(8)15(18)10-3-4-14(19)13(17)7-10/h3-7,15H,1-2H3. The third-order valence-corrected chi connectivity index (χ3v) is 5.54. The van der Waals surface area contributed by atoms with Gasteiger partial charge in [-0.05, 0) is 70.2 Å². The normalized spacial score (nSPS) is 12.5. The molecule has 1 atom stereocenters. The van der Waals surface area contributed by atoms with Crippen molar-refractivity contribution in [3.63, 3.8) is 0 Å². The molecule has 0 aliphatic heterocycles. The molecule has 19 heavy (non-hydrogen) atoms. The molecule has 4 heteroatoms. The van der Waals surface area contributed by atoms with Crippen LogP contribution in [0.3, 0.4) is 0 Å². The molecule has 0 aliphatic carbocycles. The molecule has 0 bridgehead atoms. The van der Waals surface area contributed by atoms with Gasteiger partial charge in [0.25, 0.3) is 0 Å². The Morgan fingerprint density at radius 2 is 1.63 bits per heavy atom. The van der Waals surface area contributed by atoms with Gasteiger partial charge in [-0.3, -0.25) is 0 Å². The highest BCUT2D eigenvalue weighted by Gasteiger charge is 2.15. The number of benzene rings is 2. The Hall–Kier alpha value is -0.190. The summed E-state index contributed by atoms with van der Waals surface area (Å²) >= 11 is 10.5. The summed E-state index contributed by atoms with van der Waals surface area (Å²) in [6.45, 7) is 4.14. The number of alkyl halides is 1. The summed E-state index contributed by atoms with van der Waals surface area (Å²) in [6.07, 6.45) is 0. The molecule has 0 N–H and O–H groups in total. The van der Waals surface area contributed by atoms with E-state index in [2.05, 4.69) is 73.8 Å². The zero-order chi connectivity index (χ0) is 14.2. The highest BCUT2D eigenvalue weighted by molar-refractivity contribution is 9.11. The predicted octanol–water partition coefficient (Wildman–Crippen LogP) is 6.45. The minimum Gasteiger partial charge on any atom is -0.206 e. The minimum absolute atomic E-state index is 0.0520. The lowest BCUT2D eigenvalue weighted by atomic mass is 9.98. The molecule has 0 saturated carbocycles. The van der Waals surface area contributed by atoms with Crippen LogP contribution in [0.4, 0.5) is 4.39 Å². The molecular weight excluding hydrogens is 439 g/mol. The fraction of sp³-hybridized carbons (Fsp3) is 0.200. The lowest BCUT2D eigenvalue weighted by Gasteiger charge is -2.16. The van der Waals surface area contributed by atoms with E-state index in [1.165, 1.54) is 22.8 Å². The Labute approximate surface area is 137 Å². The van der Waals surface area contributed by atoms with Crippen LogP contribution in [0, 0.1) is 19.7 Å². The van der Waals surface area contributed by atoms with Gasteiger partial charge in [0, 0.05) is 4.47 Å². The van der Waals surface area contributed by atoms with Crippen LogP contribution >= 0.6 is 47.8 Å². The van der Waals surface area contributed by atoms with Gasteiger partial charge in [-0.1, -0.05) is 44.0 Å². The van der Waals surface area contributed by atoms with Gasteiger partial charge in [0.15, 0.2) is 0 Å². The summed E-state index contributed by atoms with van der Waals surface area (Å²) in [5.74, 6) is -0.243. The highest BCUT2D eigenvalue weighted by atomic mass is 79.9. The van der Waals surface area contributed by atoms with Crippen LogP contribution in [-0.2, 0) is 0 Å². The van der Waals surface area contributed by atoms with Crippen molar-refractivity contribution < 1.29 is 4.39 Å². The van der Waals surface area contributed by atoms with Gasteiger partial charge in [0.1, 0.15) is 5.82 Å². The summed E-state index contributed by atoms with van der Waals surface area (Å²) in [4.78, 5) is 0.0520. The zero-order valence-electron chi connectivity index (χ0n) is 10.5. The van der Waals surface area contributed by atoms with Crippen molar-refractivity contribution in [2.45, 2.75) is 18.7 Å². The van der Waals surface area contributed by atoms with Gasteiger partial charge in [0.2, 0.25) is 0 Å². The Balaban J connectivity index is 2.46. The fourth-order valence-electron chi connectivity index (χ4n) is 1.93.